The van der Waals surface area contributed by atoms with Gasteiger partial charge < -0.3 is 5.32 Å². The third-order valence-electron chi connectivity index (χ3n) is 4.13. The monoisotopic (exact) mass is 231 g/mol. The molecule has 0 spiro atoms. The van der Waals surface area contributed by atoms with E-state index in [9.17, 15) is 0 Å². The second kappa shape index (κ2) is 5.68. The van der Waals surface area contributed by atoms with Gasteiger partial charge in [-0.05, 0) is 42.9 Å². The molecule has 1 aliphatic carbocycles. The number of hydrogen-bond donors (Lipinski definition) is 1. The Hall–Kier alpha value is -0.820. The van der Waals surface area contributed by atoms with Gasteiger partial charge in [-0.15, -0.1) is 0 Å². The Morgan fingerprint density at radius 3 is 2.24 bits per heavy atom. The molecule has 0 heterocycles. The summed E-state index contributed by atoms with van der Waals surface area (Å²) in [6.07, 6.45) is 5.39. The summed E-state index contributed by atoms with van der Waals surface area (Å²) in [6.45, 7) is 4.55. The van der Waals surface area contributed by atoms with E-state index in [2.05, 4.69) is 50.5 Å². The van der Waals surface area contributed by atoms with Crippen LogP contribution in [-0.2, 0) is 0 Å². The predicted octanol–water partition coefficient (Wildman–Crippen LogP) is 4.26. The summed E-state index contributed by atoms with van der Waals surface area (Å²) in [4.78, 5) is 0. The van der Waals surface area contributed by atoms with Gasteiger partial charge in [-0.2, -0.15) is 0 Å². The molecule has 1 fully saturated rings. The lowest BCUT2D eigenvalue weighted by atomic mass is 9.94. The fraction of sp³-hybridized carbons (Fsp3) is 0.625. The fourth-order valence-electron chi connectivity index (χ4n) is 2.40. The minimum Gasteiger partial charge on any atom is -0.313 e. The highest BCUT2D eigenvalue weighted by atomic mass is 14.9. The van der Waals surface area contributed by atoms with E-state index in [0.717, 1.165) is 5.92 Å². The zero-order valence-electron chi connectivity index (χ0n) is 11.4. The Bertz CT molecular complexity index is 337. The van der Waals surface area contributed by atoms with Crippen molar-refractivity contribution >= 4 is 0 Å². The summed E-state index contributed by atoms with van der Waals surface area (Å²) in [6, 6.07) is 9.78. The molecule has 94 valence electrons. The minimum absolute atomic E-state index is 0.550. The van der Waals surface area contributed by atoms with E-state index < -0.39 is 0 Å². The van der Waals surface area contributed by atoms with Gasteiger partial charge in [0.05, 0.1) is 0 Å². The van der Waals surface area contributed by atoms with Crippen LogP contribution in [0.4, 0.5) is 0 Å². The lowest BCUT2D eigenvalue weighted by molar-refractivity contribution is 0.514. The molecule has 0 aromatic heterocycles. The molecule has 1 N–H and O–H groups in total. The van der Waals surface area contributed by atoms with E-state index in [1.165, 1.54) is 36.8 Å². The van der Waals surface area contributed by atoms with Crippen LogP contribution in [0, 0.1) is 5.92 Å². The summed E-state index contributed by atoms with van der Waals surface area (Å²) in [5, 5.41) is 3.45. The number of benzene rings is 1. The second-order valence-corrected chi connectivity index (χ2v) is 5.50. The lowest BCUT2D eigenvalue weighted by Crippen LogP contribution is -2.16. The van der Waals surface area contributed by atoms with Crippen molar-refractivity contribution in [2.75, 3.05) is 7.05 Å². The minimum atomic E-state index is 0.550. The van der Waals surface area contributed by atoms with Gasteiger partial charge >= 0.3 is 0 Å². The van der Waals surface area contributed by atoms with Crippen LogP contribution in [-0.4, -0.2) is 7.05 Å². The summed E-state index contributed by atoms with van der Waals surface area (Å²) < 4.78 is 0. The van der Waals surface area contributed by atoms with Crippen LogP contribution < -0.4 is 5.32 Å². The highest BCUT2D eigenvalue weighted by Crippen LogP contribution is 2.37. The van der Waals surface area contributed by atoms with E-state index in [1.807, 2.05) is 0 Å². The number of rotatable bonds is 6. The van der Waals surface area contributed by atoms with Crippen LogP contribution in [0.1, 0.15) is 62.6 Å². The van der Waals surface area contributed by atoms with Crippen LogP contribution >= 0.6 is 0 Å². The third-order valence-corrected chi connectivity index (χ3v) is 4.13. The highest BCUT2D eigenvalue weighted by Gasteiger charge is 2.25. The van der Waals surface area contributed by atoms with Crippen molar-refractivity contribution in [3.05, 3.63) is 35.4 Å². The first-order chi connectivity index (χ1) is 8.24. The molecule has 0 saturated heterocycles. The van der Waals surface area contributed by atoms with E-state index in [4.69, 9.17) is 0 Å². The molecule has 0 amide bonds. The summed E-state index contributed by atoms with van der Waals surface area (Å²) >= 11 is 0. The average molecular weight is 231 g/mol. The zero-order valence-corrected chi connectivity index (χ0v) is 11.4. The van der Waals surface area contributed by atoms with E-state index in [0.29, 0.717) is 12.0 Å². The molecule has 2 rings (SSSR count). The quantitative estimate of drug-likeness (QED) is 0.771. The molecule has 0 radical (unpaired) electrons. The van der Waals surface area contributed by atoms with Crippen LogP contribution in [0.3, 0.4) is 0 Å². The van der Waals surface area contributed by atoms with Gasteiger partial charge in [0.25, 0.3) is 0 Å². The Morgan fingerprint density at radius 2 is 1.76 bits per heavy atom. The summed E-state index contributed by atoms with van der Waals surface area (Å²) in [7, 11) is 2.08. The van der Waals surface area contributed by atoms with Crippen LogP contribution in [0.2, 0.25) is 0 Å². The molecule has 0 aliphatic heterocycles. The van der Waals surface area contributed by atoms with Gasteiger partial charge in [0.1, 0.15) is 0 Å². The first kappa shape index (κ1) is 12.6. The van der Waals surface area contributed by atoms with Crippen molar-refractivity contribution in [2.24, 2.45) is 5.92 Å². The molecule has 1 aliphatic rings. The molecule has 2 unspecified atom stereocenters. The Labute approximate surface area is 106 Å². The standard InChI is InChI=1S/C16H25N/c1-4-12(2)14-7-9-15(10-8-14)16(17-3)11-13-5-6-13/h7-10,12-13,16-17H,4-6,11H2,1-3H3. The maximum absolute atomic E-state index is 3.45. The smallest absolute Gasteiger partial charge is 0.0320 e. The largest absolute Gasteiger partial charge is 0.313 e. The van der Waals surface area contributed by atoms with Crippen molar-refractivity contribution in [3.8, 4) is 0 Å². The molecule has 1 heteroatoms. The molecule has 1 nitrogen and oxygen atoms in total. The molecule has 1 aromatic rings. The summed E-state index contributed by atoms with van der Waals surface area (Å²) in [5.74, 6) is 1.65. The fourth-order valence-corrected chi connectivity index (χ4v) is 2.40. The normalized spacial score (nSPS) is 19.0. The maximum atomic E-state index is 3.45. The molecule has 2 atom stereocenters. The third kappa shape index (κ3) is 3.32. The Balaban J connectivity index is 2.04. The molecule has 17 heavy (non-hydrogen) atoms. The molecule has 1 saturated carbocycles. The van der Waals surface area contributed by atoms with Gasteiger partial charge in [-0.1, -0.05) is 51.0 Å². The Kier molecular flexibility index (Phi) is 4.22. The molecule has 0 bridgehead atoms. The summed E-state index contributed by atoms with van der Waals surface area (Å²) in [5.41, 5.74) is 2.92. The maximum Gasteiger partial charge on any atom is 0.0320 e. The van der Waals surface area contributed by atoms with E-state index in [1.54, 1.807) is 0 Å². The zero-order chi connectivity index (χ0) is 12.3. The molecule has 1 aromatic carbocycles. The SMILES string of the molecule is CCC(C)c1ccc(C(CC2CC2)NC)cc1. The predicted molar refractivity (Wildman–Crippen MR) is 74.3 cm³/mol. The first-order valence-electron chi connectivity index (χ1n) is 7.01. The lowest BCUT2D eigenvalue weighted by Gasteiger charge is -2.17. The number of nitrogens with one attached hydrogen (secondary N) is 1. The topological polar surface area (TPSA) is 12.0 Å². The van der Waals surface area contributed by atoms with Gasteiger partial charge in [0, 0.05) is 6.04 Å². The van der Waals surface area contributed by atoms with Gasteiger partial charge in [-0.3, -0.25) is 0 Å². The van der Waals surface area contributed by atoms with E-state index in [-0.39, 0.29) is 0 Å². The van der Waals surface area contributed by atoms with Crippen molar-refractivity contribution in [1.29, 1.82) is 0 Å². The van der Waals surface area contributed by atoms with Gasteiger partial charge in [0.15, 0.2) is 0 Å². The van der Waals surface area contributed by atoms with Crippen molar-refractivity contribution < 1.29 is 0 Å². The molecular weight excluding hydrogens is 206 g/mol. The van der Waals surface area contributed by atoms with Crippen molar-refractivity contribution in [1.82, 2.24) is 5.32 Å². The Morgan fingerprint density at radius 1 is 1.18 bits per heavy atom. The van der Waals surface area contributed by atoms with Crippen molar-refractivity contribution in [3.63, 3.8) is 0 Å². The second-order valence-electron chi connectivity index (χ2n) is 5.50. The van der Waals surface area contributed by atoms with Gasteiger partial charge in [-0.25, -0.2) is 0 Å². The van der Waals surface area contributed by atoms with Crippen LogP contribution in [0.5, 0.6) is 0 Å². The number of hydrogen-bond acceptors (Lipinski definition) is 1. The van der Waals surface area contributed by atoms with Crippen LogP contribution in [0.15, 0.2) is 24.3 Å². The van der Waals surface area contributed by atoms with Crippen LogP contribution in [0.25, 0.3) is 0 Å². The van der Waals surface area contributed by atoms with Gasteiger partial charge in [0.2, 0.25) is 0 Å². The first-order valence-corrected chi connectivity index (χ1v) is 7.01. The molecular formula is C16H25N. The highest BCUT2D eigenvalue weighted by molar-refractivity contribution is 5.27. The average Bonchev–Trinajstić information content (AvgIpc) is 3.19. The van der Waals surface area contributed by atoms with E-state index >= 15 is 0 Å². The van der Waals surface area contributed by atoms with Crippen molar-refractivity contribution in [2.45, 2.75) is 51.5 Å².